The lowest BCUT2D eigenvalue weighted by Gasteiger charge is -2.65. The van der Waals surface area contributed by atoms with Crippen LogP contribution in [0.2, 0.25) is 0 Å². The van der Waals surface area contributed by atoms with E-state index in [0.717, 1.165) is 49.4 Å². The molecule has 0 amide bonds. The molecule has 4 fully saturated rings. The molecule has 4 rings (SSSR count). The van der Waals surface area contributed by atoms with Gasteiger partial charge in [0.25, 0.3) is 0 Å². The molecule has 33 heavy (non-hydrogen) atoms. The van der Waals surface area contributed by atoms with Gasteiger partial charge in [0.05, 0.1) is 10.4 Å². The maximum atomic E-state index is 11.6. The zero-order valence-electron chi connectivity index (χ0n) is 22.0. The SMILES string of the molecule is CC(=O)O[C@@H]1CC[C@]2(C)[C@@H]3CC[C@]4(C)[C@H](CC[C@@H]4[C@H](C)CCCC(C)C)[C@@H]3C[C@@H](O)[C@@]2(Br)C1. The van der Waals surface area contributed by atoms with Crippen molar-refractivity contribution in [2.75, 3.05) is 0 Å². The number of hydrogen-bond acceptors (Lipinski definition) is 3. The number of aliphatic hydroxyl groups excluding tert-OH is 1. The van der Waals surface area contributed by atoms with E-state index in [4.69, 9.17) is 4.74 Å². The van der Waals surface area contributed by atoms with Crippen molar-refractivity contribution in [1.29, 1.82) is 0 Å². The van der Waals surface area contributed by atoms with E-state index in [1.54, 1.807) is 0 Å². The molecule has 0 aliphatic heterocycles. The van der Waals surface area contributed by atoms with Gasteiger partial charge in [-0.05, 0) is 91.3 Å². The Morgan fingerprint density at radius 3 is 2.45 bits per heavy atom. The number of carbonyl (C=O) groups excluding carboxylic acids is 1. The highest BCUT2D eigenvalue weighted by atomic mass is 79.9. The number of carbonyl (C=O) groups is 1. The second kappa shape index (κ2) is 9.41. The third-order valence-electron chi connectivity index (χ3n) is 11.3. The molecule has 0 aromatic rings. The monoisotopic (exact) mass is 524 g/mol. The van der Waals surface area contributed by atoms with Gasteiger partial charge in [-0.25, -0.2) is 0 Å². The van der Waals surface area contributed by atoms with Crippen molar-refractivity contribution in [2.24, 2.45) is 46.3 Å². The van der Waals surface area contributed by atoms with Gasteiger partial charge in [-0.2, -0.15) is 0 Å². The third-order valence-corrected chi connectivity index (χ3v) is 13.0. The van der Waals surface area contributed by atoms with Crippen LogP contribution in [0.1, 0.15) is 112 Å². The summed E-state index contributed by atoms with van der Waals surface area (Å²) in [5.41, 5.74) is 0.504. The Labute approximate surface area is 211 Å². The van der Waals surface area contributed by atoms with E-state index >= 15 is 0 Å². The predicted molar refractivity (Wildman–Crippen MR) is 138 cm³/mol. The van der Waals surface area contributed by atoms with Crippen LogP contribution >= 0.6 is 15.9 Å². The van der Waals surface area contributed by atoms with Gasteiger partial charge in [0.15, 0.2) is 0 Å². The Morgan fingerprint density at radius 2 is 1.79 bits per heavy atom. The molecule has 0 aromatic heterocycles. The van der Waals surface area contributed by atoms with Crippen molar-refractivity contribution in [3.8, 4) is 0 Å². The van der Waals surface area contributed by atoms with E-state index in [1.165, 1.54) is 51.9 Å². The number of fused-ring (bicyclic) bond motifs is 5. The van der Waals surface area contributed by atoms with Gasteiger partial charge in [0, 0.05) is 13.3 Å². The summed E-state index contributed by atoms with van der Waals surface area (Å²) in [6.45, 7) is 13.8. The van der Waals surface area contributed by atoms with E-state index in [9.17, 15) is 9.90 Å². The van der Waals surface area contributed by atoms with Crippen LogP contribution in [0.3, 0.4) is 0 Å². The first-order valence-electron chi connectivity index (χ1n) is 14.0. The lowest BCUT2D eigenvalue weighted by molar-refractivity contribution is -0.170. The van der Waals surface area contributed by atoms with E-state index in [0.29, 0.717) is 17.3 Å². The average Bonchev–Trinajstić information content (AvgIpc) is 3.07. The lowest BCUT2D eigenvalue weighted by Crippen LogP contribution is -2.66. The van der Waals surface area contributed by atoms with Gasteiger partial charge >= 0.3 is 5.97 Å². The van der Waals surface area contributed by atoms with Gasteiger partial charge in [-0.1, -0.05) is 69.8 Å². The van der Waals surface area contributed by atoms with Crippen molar-refractivity contribution in [3.05, 3.63) is 0 Å². The largest absolute Gasteiger partial charge is 0.463 e. The topological polar surface area (TPSA) is 46.5 Å². The average molecular weight is 526 g/mol. The molecule has 3 nitrogen and oxygen atoms in total. The predicted octanol–water partition coefficient (Wildman–Crippen LogP) is 7.53. The van der Waals surface area contributed by atoms with Crippen LogP contribution in [0.5, 0.6) is 0 Å². The molecule has 0 radical (unpaired) electrons. The van der Waals surface area contributed by atoms with Gasteiger partial charge < -0.3 is 9.84 Å². The third kappa shape index (κ3) is 4.36. The first kappa shape index (κ1) is 26.0. The summed E-state index contributed by atoms with van der Waals surface area (Å²) in [6, 6.07) is 0. The zero-order valence-corrected chi connectivity index (χ0v) is 23.6. The number of halogens is 1. The maximum absolute atomic E-state index is 11.6. The Balaban J connectivity index is 1.51. The van der Waals surface area contributed by atoms with Crippen molar-refractivity contribution < 1.29 is 14.6 Å². The summed E-state index contributed by atoms with van der Waals surface area (Å²) in [7, 11) is 0. The summed E-state index contributed by atoms with van der Waals surface area (Å²) in [4.78, 5) is 11.6. The van der Waals surface area contributed by atoms with Crippen LogP contribution in [-0.2, 0) is 9.53 Å². The molecule has 10 atom stereocenters. The van der Waals surface area contributed by atoms with Gasteiger partial charge in [-0.3, -0.25) is 4.79 Å². The quantitative estimate of drug-likeness (QED) is 0.288. The second-order valence-electron chi connectivity index (χ2n) is 13.4. The van der Waals surface area contributed by atoms with Crippen molar-refractivity contribution in [3.63, 3.8) is 0 Å². The summed E-state index contributed by atoms with van der Waals surface area (Å²) < 4.78 is 5.29. The molecule has 0 aromatic carbocycles. The molecule has 4 aliphatic rings. The number of aliphatic hydroxyl groups is 1. The fraction of sp³-hybridized carbons (Fsp3) is 0.966. The normalized spacial score (nSPS) is 48.0. The van der Waals surface area contributed by atoms with Crippen molar-refractivity contribution in [2.45, 2.75) is 129 Å². The summed E-state index contributed by atoms with van der Waals surface area (Å²) in [5.74, 6) is 4.31. The smallest absolute Gasteiger partial charge is 0.302 e. The fourth-order valence-electron chi connectivity index (χ4n) is 9.56. The van der Waals surface area contributed by atoms with E-state index < -0.39 is 0 Å². The zero-order chi connectivity index (χ0) is 24.2. The summed E-state index contributed by atoms with van der Waals surface area (Å²) >= 11 is 4.11. The number of hydrogen-bond donors (Lipinski definition) is 1. The Bertz CT molecular complexity index is 724. The highest BCUT2D eigenvalue weighted by Gasteiger charge is 2.67. The van der Waals surface area contributed by atoms with Crippen molar-refractivity contribution >= 4 is 21.9 Å². The highest BCUT2D eigenvalue weighted by Crippen LogP contribution is 2.70. The molecule has 0 spiro atoms. The first-order chi connectivity index (χ1) is 15.4. The molecule has 4 saturated carbocycles. The molecule has 0 bridgehead atoms. The van der Waals surface area contributed by atoms with E-state index in [-0.39, 0.29) is 27.9 Å². The lowest BCUT2D eigenvalue weighted by atomic mass is 9.43. The minimum Gasteiger partial charge on any atom is -0.463 e. The van der Waals surface area contributed by atoms with E-state index in [2.05, 4.69) is 50.5 Å². The molecular formula is C29H49BrO3. The molecule has 0 saturated heterocycles. The van der Waals surface area contributed by atoms with Crippen LogP contribution in [0.4, 0.5) is 0 Å². The summed E-state index contributed by atoms with van der Waals surface area (Å²) in [6.07, 6.45) is 12.6. The van der Waals surface area contributed by atoms with Crippen LogP contribution in [-0.4, -0.2) is 27.6 Å². The second-order valence-corrected chi connectivity index (χ2v) is 14.8. The summed E-state index contributed by atoms with van der Waals surface area (Å²) in [5, 5.41) is 11.6. The Kier molecular flexibility index (Phi) is 7.41. The number of alkyl halides is 1. The standard InChI is InChI=1S/C29H49BrO3/c1-18(2)8-7-9-19(3)23-10-11-24-22-16-26(32)29(30)17-21(33-20(4)31)12-15-28(29,6)25(22)13-14-27(23,24)5/h18-19,21-26,32H,7-17H2,1-6H3/t19-,21-,22+,23-,24-,25-,26-,27+,28-,29+/m1/s1. The maximum Gasteiger partial charge on any atom is 0.302 e. The van der Waals surface area contributed by atoms with E-state index in [1.807, 2.05) is 0 Å². The molecule has 190 valence electrons. The van der Waals surface area contributed by atoms with Crippen LogP contribution in [0, 0.1) is 46.3 Å². The van der Waals surface area contributed by atoms with Crippen LogP contribution < -0.4 is 0 Å². The molecule has 0 unspecified atom stereocenters. The number of rotatable bonds is 6. The molecular weight excluding hydrogens is 476 g/mol. The minimum atomic E-state index is -0.369. The van der Waals surface area contributed by atoms with Crippen molar-refractivity contribution in [1.82, 2.24) is 0 Å². The van der Waals surface area contributed by atoms with Gasteiger partial charge in [0.1, 0.15) is 6.10 Å². The Morgan fingerprint density at radius 1 is 1.06 bits per heavy atom. The first-order valence-corrected chi connectivity index (χ1v) is 14.8. The van der Waals surface area contributed by atoms with Crippen LogP contribution in [0.15, 0.2) is 0 Å². The number of esters is 1. The molecule has 0 heterocycles. The van der Waals surface area contributed by atoms with Crippen LogP contribution in [0.25, 0.3) is 0 Å². The van der Waals surface area contributed by atoms with Gasteiger partial charge in [-0.15, -0.1) is 0 Å². The number of ether oxygens (including phenoxy) is 1. The van der Waals surface area contributed by atoms with Gasteiger partial charge in [0.2, 0.25) is 0 Å². The Hall–Kier alpha value is -0.0900. The molecule has 4 aliphatic carbocycles. The molecule has 4 heteroatoms. The minimum absolute atomic E-state index is 0.0638. The molecule has 1 N–H and O–H groups in total. The highest BCUT2D eigenvalue weighted by molar-refractivity contribution is 9.10. The fourth-order valence-corrected chi connectivity index (χ4v) is 10.6.